The van der Waals surface area contributed by atoms with Crippen LogP contribution in [0, 0.1) is 25.2 Å². The zero-order valence-electron chi connectivity index (χ0n) is 34.3. The van der Waals surface area contributed by atoms with Crippen molar-refractivity contribution in [3.63, 3.8) is 0 Å². The summed E-state index contributed by atoms with van der Waals surface area (Å²) >= 11 is 19.5. The van der Waals surface area contributed by atoms with Crippen LogP contribution in [0.5, 0.6) is 0 Å². The van der Waals surface area contributed by atoms with Crippen LogP contribution < -0.4 is 11.2 Å². The molecule has 0 fully saturated rings. The SMILES string of the molecule is CC.CCC.Cc1cc(C(C)(C)C)c(Cl)cc1-c1cc(=O)c2c(C(N)=O)nccc2[nH]1.Cc1cc(C(C)(C)C)c(Cl)cc1-c1cc(Cl)c2c(C#N)nccc2n1. The highest BCUT2D eigenvalue weighted by Gasteiger charge is 2.22. The van der Waals surface area contributed by atoms with Crippen LogP contribution in [0.4, 0.5) is 0 Å². The van der Waals surface area contributed by atoms with Crippen LogP contribution in [-0.2, 0) is 10.8 Å². The molecule has 0 saturated heterocycles. The minimum atomic E-state index is -0.734. The third-order valence-electron chi connectivity index (χ3n) is 8.56. The van der Waals surface area contributed by atoms with E-state index < -0.39 is 5.91 Å². The number of halogens is 3. The number of nitrogens with zero attached hydrogens (tertiary/aromatic N) is 4. The second-order valence-electron chi connectivity index (χ2n) is 15.1. The number of carbonyl (C=O) groups excluding carboxylic acids is 1. The molecule has 0 aliphatic carbocycles. The quantitative estimate of drug-likeness (QED) is 0.182. The number of aromatic nitrogens is 4. The third-order valence-corrected chi connectivity index (χ3v) is 9.49. The number of fused-ring (bicyclic) bond motifs is 2. The van der Waals surface area contributed by atoms with E-state index in [-0.39, 0.29) is 33.0 Å². The summed E-state index contributed by atoms with van der Waals surface area (Å²) in [5.41, 5.74) is 13.6. The first-order chi connectivity index (χ1) is 26.2. The maximum Gasteiger partial charge on any atom is 0.268 e. The number of nitriles is 1. The van der Waals surface area contributed by atoms with Crippen molar-refractivity contribution in [1.82, 2.24) is 19.9 Å². The fraction of sp³-hybridized carbons (Fsp3) is 0.333. The molecule has 4 aromatic heterocycles. The van der Waals surface area contributed by atoms with E-state index >= 15 is 0 Å². The number of benzene rings is 2. The zero-order chi connectivity index (χ0) is 42.3. The van der Waals surface area contributed by atoms with E-state index in [2.05, 4.69) is 87.5 Å². The Balaban J connectivity index is 0.000000270. The normalized spacial score (nSPS) is 11.0. The molecular formula is C45H51Cl3N6O2. The van der Waals surface area contributed by atoms with E-state index in [1.54, 1.807) is 24.4 Å². The van der Waals surface area contributed by atoms with Gasteiger partial charge < -0.3 is 10.7 Å². The number of nitrogens with two attached hydrogens (primary N) is 1. The predicted molar refractivity (Wildman–Crippen MR) is 235 cm³/mol. The van der Waals surface area contributed by atoms with Crippen molar-refractivity contribution in [2.24, 2.45) is 5.73 Å². The van der Waals surface area contributed by atoms with Crippen LogP contribution in [0.2, 0.25) is 15.1 Å². The molecule has 294 valence electrons. The van der Waals surface area contributed by atoms with Gasteiger partial charge in [-0.15, -0.1) is 0 Å². The van der Waals surface area contributed by atoms with Gasteiger partial charge in [-0.3, -0.25) is 14.6 Å². The molecule has 2 aromatic carbocycles. The summed E-state index contributed by atoms with van der Waals surface area (Å²) in [6, 6.07) is 16.6. The van der Waals surface area contributed by atoms with E-state index in [9.17, 15) is 14.9 Å². The minimum absolute atomic E-state index is 0.0341. The summed E-state index contributed by atoms with van der Waals surface area (Å²) < 4.78 is 0. The van der Waals surface area contributed by atoms with Gasteiger partial charge in [-0.1, -0.05) is 123 Å². The van der Waals surface area contributed by atoms with Gasteiger partial charge >= 0.3 is 0 Å². The molecule has 6 rings (SSSR count). The van der Waals surface area contributed by atoms with Crippen LogP contribution in [0.15, 0.2) is 65.7 Å². The van der Waals surface area contributed by atoms with Gasteiger partial charge in [-0.2, -0.15) is 5.26 Å². The zero-order valence-corrected chi connectivity index (χ0v) is 36.6. The van der Waals surface area contributed by atoms with Crippen LogP contribution in [0.1, 0.15) is 114 Å². The highest BCUT2D eigenvalue weighted by atomic mass is 35.5. The molecule has 0 radical (unpaired) electrons. The van der Waals surface area contributed by atoms with Crippen molar-refractivity contribution in [3.05, 3.63) is 120 Å². The molecule has 0 bridgehead atoms. The Hall–Kier alpha value is -4.81. The molecule has 1 amide bonds. The number of hydrogen-bond acceptors (Lipinski definition) is 6. The average Bonchev–Trinajstić information content (AvgIpc) is 3.13. The first kappa shape index (κ1) is 45.6. The molecule has 0 atom stereocenters. The predicted octanol–water partition coefficient (Wildman–Crippen LogP) is 12.5. The number of amides is 1. The molecule has 0 unspecified atom stereocenters. The third kappa shape index (κ3) is 10.3. The molecule has 0 saturated carbocycles. The van der Waals surface area contributed by atoms with E-state index in [1.807, 2.05) is 45.9 Å². The monoisotopic (exact) mass is 812 g/mol. The number of rotatable bonds is 3. The second kappa shape index (κ2) is 18.9. The maximum atomic E-state index is 12.6. The molecule has 0 spiro atoms. The fourth-order valence-corrected chi connectivity index (χ4v) is 7.15. The molecule has 6 aromatic rings. The van der Waals surface area contributed by atoms with Gasteiger partial charge in [0.05, 0.1) is 38.2 Å². The average molecular weight is 814 g/mol. The van der Waals surface area contributed by atoms with E-state index in [1.165, 1.54) is 18.7 Å². The number of aromatic amines is 1. The summed E-state index contributed by atoms with van der Waals surface area (Å²) in [7, 11) is 0. The second-order valence-corrected chi connectivity index (χ2v) is 16.4. The summed E-state index contributed by atoms with van der Waals surface area (Å²) in [5.74, 6) is -0.734. The van der Waals surface area contributed by atoms with Gasteiger partial charge in [0.2, 0.25) is 0 Å². The van der Waals surface area contributed by atoms with Gasteiger partial charge in [0.25, 0.3) is 5.91 Å². The summed E-state index contributed by atoms with van der Waals surface area (Å²) in [4.78, 5) is 40.0. The Morgan fingerprint density at radius 2 is 1.30 bits per heavy atom. The molecule has 0 aliphatic heterocycles. The molecule has 4 heterocycles. The number of hydrogen-bond donors (Lipinski definition) is 2. The first-order valence-corrected chi connectivity index (χ1v) is 19.7. The van der Waals surface area contributed by atoms with Gasteiger partial charge in [-0.25, -0.2) is 9.97 Å². The summed E-state index contributed by atoms with van der Waals surface area (Å²) in [6.07, 6.45) is 4.27. The number of primary amides is 1. The molecule has 8 nitrogen and oxygen atoms in total. The standard InChI is InChI=1S/C20H17Cl2N3.C20H20ClN3O2.C3H8.C2H6/c1-11-7-13(20(2,3)4)14(21)8-12(11)17-9-15(22)19-16(25-17)5-6-24-18(19)10-23;1-10-7-12(20(2,3)4)13(21)8-11(10)15-9-16(25)17-14(24-15)5-6-23-18(17)19(22)26;1-3-2;1-2/h5-9H,1-4H3;5-9H,1-4H3,(H2,22,26)(H,24,25);3H2,1-2H3;1-2H3. The Bertz CT molecular complexity index is 2490. The van der Waals surface area contributed by atoms with Gasteiger partial charge in [0.15, 0.2) is 11.1 Å². The topological polar surface area (TPSA) is 138 Å². The van der Waals surface area contributed by atoms with Crippen LogP contribution in [0.25, 0.3) is 44.3 Å². The molecular weight excluding hydrogens is 763 g/mol. The highest BCUT2D eigenvalue weighted by molar-refractivity contribution is 6.36. The van der Waals surface area contributed by atoms with Crippen molar-refractivity contribution in [2.45, 2.75) is 100 Å². The lowest BCUT2D eigenvalue weighted by molar-refractivity contribution is 0.0997. The summed E-state index contributed by atoms with van der Waals surface area (Å²) in [5, 5.41) is 11.8. The van der Waals surface area contributed by atoms with Crippen LogP contribution in [0.3, 0.4) is 0 Å². The largest absolute Gasteiger partial charge is 0.364 e. The van der Waals surface area contributed by atoms with Gasteiger partial charge in [0.1, 0.15) is 11.8 Å². The minimum Gasteiger partial charge on any atom is -0.364 e. The Kier molecular flexibility index (Phi) is 15.4. The Morgan fingerprint density at radius 3 is 1.82 bits per heavy atom. The highest BCUT2D eigenvalue weighted by Crippen LogP contribution is 2.38. The molecule has 3 N–H and O–H groups in total. The maximum absolute atomic E-state index is 12.6. The number of H-pyrrole nitrogens is 1. The fourth-order valence-electron chi connectivity index (χ4n) is 5.97. The smallest absolute Gasteiger partial charge is 0.268 e. The lowest BCUT2D eigenvalue weighted by atomic mass is 9.85. The number of carbonyl (C=O) groups is 1. The van der Waals surface area contributed by atoms with Crippen molar-refractivity contribution < 1.29 is 4.79 Å². The molecule has 56 heavy (non-hydrogen) atoms. The van der Waals surface area contributed by atoms with Crippen molar-refractivity contribution in [1.29, 1.82) is 5.26 Å². The van der Waals surface area contributed by atoms with E-state index in [4.69, 9.17) is 40.5 Å². The van der Waals surface area contributed by atoms with Gasteiger partial charge in [-0.05, 0) is 77.3 Å². The molecule has 0 aliphatic rings. The van der Waals surface area contributed by atoms with Crippen molar-refractivity contribution in [3.8, 4) is 28.6 Å². The van der Waals surface area contributed by atoms with Crippen LogP contribution in [-0.4, -0.2) is 25.8 Å². The van der Waals surface area contributed by atoms with E-state index in [0.717, 1.165) is 39.1 Å². The molecule has 11 heteroatoms. The summed E-state index contributed by atoms with van der Waals surface area (Å²) in [6.45, 7) is 25.0. The van der Waals surface area contributed by atoms with Crippen LogP contribution >= 0.6 is 34.8 Å². The van der Waals surface area contributed by atoms with E-state index in [0.29, 0.717) is 37.2 Å². The Morgan fingerprint density at radius 1 is 0.786 bits per heavy atom. The Labute approximate surface area is 345 Å². The number of nitrogens with one attached hydrogen (secondary N) is 1. The van der Waals surface area contributed by atoms with Crippen molar-refractivity contribution >= 4 is 62.5 Å². The lowest BCUT2D eigenvalue weighted by Crippen LogP contribution is -2.17. The number of aryl methyl sites for hydroxylation is 2. The lowest BCUT2D eigenvalue weighted by Gasteiger charge is -2.22. The van der Waals surface area contributed by atoms with Gasteiger partial charge in [0, 0.05) is 39.6 Å². The number of pyridine rings is 4. The first-order valence-electron chi connectivity index (χ1n) is 18.5. The van der Waals surface area contributed by atoms with Crippen molar-refractivity contribution in [2.75, 3.05) is 0 Å².